The molecule has 0 unspecified atom stereocenters. The molecule has 0 atom stereocenters. The third-order valence-corrected chi connectivity index (χ3v) is 7.67. The molecule has 4 N–H and O–H groups in total. The van der Waals surface area contributed by atoms with Crippen LogP contribution in [0.5, 0.6) is 0 Å². The maximum Gasteiger partial charge on any atom is 0.134 e. The molecule has 0 saturated heterocycles. The van der Waals surface area contributed by atoms with Crippen molar-refractivity contribution < 1.29 is 0 Å². The minimum absolute atomic E-state index is 0.191. The summed E-state index contributed by atoms with van der Waals surface area (Å²) in [6.07, 6.45) is 0. The molecule has 0 aliphatic carbocycles. The number of aliphatic imine (C=N–C) groups is 2. The van der Waals surface area contributed by atoms with Gasteiger partial charge >= 0.3 is 0 Å². The highest BCUT2D eigenvalue weighted by molar-refractivity contribution is 6.08. The highest BCUT2D eigenvalue weighted by Crippen LogP contribution is 2.25. The molecule has 226 valence electrons. The Morgan fingerprint density at radius 2 is 1.04 bits per heavy atom. The highest BCUT2D eigenvalue weighted by Gasteiger charge is 2.08. The van der Waals surface area contributed by atoms with Crippen molar-refractivity contribution in [2.45, 2.75) is 13.1 Å². The number of rotatable bonds is 10. The van der Waals surface area contributed by atoms with Crippen LogP contribution in [0.4, 0.5) is 5.69 Å². The van der Waals surface area contributed by atoms with Crippen molar-refractivity contribution in [3.8, 4) is 22.3 Å². The van der Waals surface area contributed by atoms with Gasteiger partial charge in [0.1, 0.15) is 11.7 Å². The molecule has 6 aromatic carbocycles. The van der Waals surface area contributed by atoms with Crippen molar-refractivity contribution in [2.24, 2.45) is 15.7 Å². The summed E-state index contributed by atoms with van der Waals surface area (Å²) in [6, 6.07) is 56.3. The number of nitrogens with one attached hydrogen (secondary N) is 2. The van der Waals surface area contributed by atoms with Crippen LogP contribution in [0, 0.1) is 0 Å². The van der Waals surface area contributed by atoms with Gasteiger partial charge in [-0.1, -0.05) is 146 Å². The fourth-order valence-electron chi connectivity index (χ4n) is 5.31. The van der Waals surface area contributed by atoms with Gasteiger partial charge in [0.2, 0.25) is 0 Å². The molecule has 6 aromatic rings. The van der Waals surface area contributed by atoms with Crippen LogP contribution in [0.25, 0.3) is 22.3 Å². The maximum atomic E-state index is 5.87. The molecule has 5 nitrogen and oxygen atoms in total. The smallest absolute Gasteiger partial charge is 0.134 e. The van der Waals surface area contributed by atoms with Gasteiger partial charge in [0.15, 0.2) is 0 Å². The molecule has 0 radical (unpaired) electrons. The van der Waals surface area contributed by atoms with Crippen molar-refractivity contribution in [2.75, 3.05) is 12.0 Å². The van der Waals surface area contributed by atoms with Crippen LogP contribution in [0.3, 0.4) is 0 Å². The molecule has 0 heterocycles. The first kappa shape index (κ1) is 30.3. The zero-order chi connectivity index (χ0) is 31.4. The van der Waals surface area contributed by atoms with E-state index < -0.39 is 0 Å². The average molecular weight is 600 g/mol. The number of nitrogens with zero attached hydrogens (tertiary/aromatic N) is 2. The third kappa shape index (κ3) is 8.03. The number of hydrogen-bond donors (Lipinski definition) is 3. The SMILES string of the molecule is NC/N=C(\Nc1cccc(-c2cccc(CN=C(NCc3ccccc3)c3ccccc3)c2)c1)c1ccc(-c2ccccc2)cc1. The van der Waals surface area contributed by atoms with E-state index in [0.717, 1.165) is 50.7 Å². The number of hydrogen-bond acceptors (Lipinski definition) is 3. The Hall–Kier alpha value is -5.78. The molecule has 0 saturated carbocycles. The zero-order valence-electron chi connectivity index (χ0n) is 25.7. The summed E-state index contributed by atoms with van der Waals surface area (Å²) in [5.41, 5.74) is 15.8. The van der Waals surface area contributed by atoms with E-state index in [1.54, 1.807) is 0 Å². The Morgan fingerprint density at radius 1 is 0.478 bits per heavy atom. The van der Waals surface area contributed by atoms with Crippen molar-refractivity contribution in [1.29, 1.82) is 0 Å². The number of nitrogens with two attached hydrogens (primary N) is 1. The molecule has 5 heteroatoms. The molecule has 0 amide bonds. The van der Waals surface area contributed by atoms with E-state index in [2.05, 4.69) is 143 Å². The zero-order valence-corrected chi connectivity index (χ0v) is 25.7. The summed E-state index contributed by atoms with van der Waals surface area (Å²) in [4.78, 5) is 9.59. The third-order valence-electron chi connectivity index (χ3n) is 7.67. The maximum absolute atomic E-state index is 5.87. The lowest BCUT2D eigenvalue weighted by Gasteiger charge is -2.13. The lowest BCUT2D eigenvalue weighted by molar-refractivity contribution is 0.896. The van der Waals surface area contributed by atoms with Gasteiger partial charge in [-0.3, -0.25) is 9.98 Å². The Kier molecular flexibility index (Phi) is 10.1. The molecular weight excluding hydrogens is 562 g/mol. The minimum atomic E-state index is 0.191. The van der Waals surface area contributed by atoms with E-state index in [0.29, 0.717) is 13.1 Å². The number of amidine groups is 2. The largest absolute Gasteiger partial charge is 0.366 e. The van der Waals surface area contributed by atoms with E-state index in [-0.39, 0.29) is 6.67 Å². The van der Waals surface area contributed by atoms with E-state index in [9.17, 15) is 0 Å². The first-order valence-corrected chi connectivity index (χ1v) is 15.5. The van der Waals surface area contributed by atoms with E-state index >= 15 is 0 Å². The normalized spacial score (nSPS) is 11.7. The summed E-state index contributed by atoms with van der Waals surface area (Å²) < 4.78 is 0. The summed E-state index contributed by atoms with van der Waals surface area (Å²) in [7, 11) is 0. The Morgan fingerprint density at radius 3 is 1.76 bits per heavy atom. The second-order valence-corrected chi connectivity index (χ2v) is 10.9. The Balaban J connectivity index is 1.18. The summed E-state index contributed by atoms with van der Waals surface area (Å²) in [5, 5.41) is 7.06. The first-order valence-electron chi connectivity index (χ1n) is 15.5. The summed E-state index contributed by atoms with van der Waals surface area (Å²) >= 11 is 0. The van der Waals surface area contributed by atoms with Gasteiger partial charge in [0.05, 0.1) is 13.2 Å². The summed E-state index contributed by atoms with van der Waals surface area (Å²) in [6.45, 7) is 1.46. The molecule has 0 fully saturated rings. The van der Waals surface area contributed by atoms with Gasteiger partial charge < -0.3 is 16.4 Å². The quantitative estimate of drug-likeness (QED) is 0.109. The second-order valence-electron chi connectivity index (χ2n) is 10.9. The van der Waals surface area contributed by atoms with Crippen molar-refractivity contribution in [3.05, 3.63) is 186 Å². The van der Waals surface area contributed by atoms with E-state index in [1.807, 2.05) is 36.4 Å². The van der Waals surface area contributed by atoms with Crippen molar-refractivity contribution >= 4 is 17.4 Å². The summed E-state index contributed by atoms with van der Waals surface area (Å²) in [5.74, 6) is 1.61. The van der Waals surface area contributed by atoms with Gasteiger partial charge in [-0.25, -0.2) is 0 Å². The van der Waals surface area contributed by atoms with Crippen LogP contribution in [0.2, 0.25) is 0 Å². The van der Waals surface area contributed by atoms with Crippen molar-refractivity contribution in [3.63, 3.8) is 0 Å². The van der Waals surface area contributed by atoms with Gasteiger partial charge in [-0.15, -0.1) is 0 Å². The molecule has 0 bridgehead atoms. The molecular formula is C41H37N5. The van der Waals surface area contributed by atoms with Crippen LogP contribution in [-0.2, 0) is 13.1 Å². The van der Waals surface area contributed by atoms with Gasteiger partial charge in [-0.2, -0.15) is 0 Å². The predicted molar refractivity (Wildman–Crippen MR) is 193 cm³/mol. The van der Waals surface area contributed by atoms with Gasteiger partial charge in [0.25, 0.3) is 0 Å². The number of benzene rings is 6. The monoisotopic (exact) mass is 599 g/mol. The molecule has 46 heavy (non-hydrogen) atoms. The molecule has 0 spiro atoms. The molecule has 0 aliphatic heterocycles. The molecule has 0 aliphatic rings. The standard InChI is InChI=1S/C41H37N5/c42-30-45-41(36-24-22-34(23-25-36)33-15-6-2-7-16-33)46-39-21-11-20-38(27-39)37-19-10-14-32(26-37)29-44-40(35-17-8-3-9-18-35)43-28-31-12-4-1-5-13-31/h1-27H,28-30,42H2,(H,43,44)(H,45,46). The van der Waals surface area contributed by atoms with Crippen LogP contribution >= 0.6 is 0 Å². The van der Waals surface area contributed by atoms with Crippen LogP contribution in [-0.4, -0.2) is 18.3 Å². The first-order chi connectivity index (χ1) is 22.7. The highest BCUT2D eigenvalue weighted by atomic mass is 15.0. The van der Waals surface area contributed by atoms with Gasteiger partial charge in [-0.05, 0) is 51.6 Å². The molecule has 0 aromatic heterocycles. The molecule has 6 rings (SSSR count). The van der Waals surface area contributed by atoms with Crippen LogP contribution in [0.15, 0.2) is 174 Å². The van der Waals surface area contributed by atoms with E-state index in [4.69, 9.17) is 10.7 Å². The topological polar surface area (TPSA) is 74.8 Å². The van der Waals surface area contributed by atoms with Crippen molar-refractivity contribution in [1.82, 2.24) is 5.32 Å². The number of anilines is 1. The lowest BCUT2D eigenvalue weighted by Crippen LogP contribution is -2.24. The fraction of sp³-hybridized carbons (Fsp3) is 0.0732. The fourth-order valence-corrected chi connectivity index (χ4v) is 5.31. The van der Waals surface area contributed by atoms with Crippen LogP contribution < -0.4 is 16.4 Å². The second kappa shape index (κ2) is 15.3. The average Bonchev–Trinajstić information content (AvgIpc) is 3.13. The minimum Gasteiger partial charge on any atom is -0.366 e. The lowest BCUT2D eigenvalue weighted by atomic mass is 10.0. The predicted octanol–water partition coefficient (Wildman–Crippen LogP) is 8.53. The Bertz CT molecular complexity index is 1900. The van der Waals surface area contributed by atoms with Gasteiger partial charge in [0, 0.05) is 23.4 Å². The van der Waals surface area contributed by atoms with E-state index in [1.165, 1.54) is 11.1 Å². The Labute approximate surface area is 271 Å². The van der Waals surface area contributed by atoms with Crippen LogP contribution in [0.1, 0.15) is 22.3 Å².